The van der Waals surface area contributed by atoms with Crippen LogP contribution in [0.15, 0.2) is 11.0 Å². The normalized spacial score (nSPS) is 10.5. The third-order valence-corrected chi connectivity index (χ3v) is 3.02. The SMILES string of the molecule is CNC(=O)c1c[nH]c2snc(C)c2c1=O. The molecule has 2 aromatic heterocycles. The van der Waals surface area contributed by atoms with Crippen molar-refractivity contribution < 1.29 is 4.79 Å². The number of aryl methyl sites for hydroxylation is 1. The quantitative estimate of drug-likeness (QED) is 0.745. The third kappa shape index (κ3) is 1.42. The van der Waals surface area contributed by atoms with Gasteiger partial charge in [0.25, 0.3) is 5.91 Å². The first-order valence-electron chi connectivity index (χ1n) is 4.35. The number of fused-ring (bicyclic) bond motifs is 1. The van der Waals surface area contributed by atoms with Crippen LogP contribution in [0.5, 0.6) is 0 Å². The molecule has 0 unspecified atom stereocenters. The van der Waals surface area contributed by atoms with Crippen LogP contribution >= 0.6 is 11.5 Å². The predicted molar refractivity (Wildman–Crippen MR) is 58.4 cm³/mol. The van der Waals surface area contributed by atoms with Gasteiger partial charge in [-0.2, -0.15) is 4.37 Å². The highest BCUT2D eigenvalue weighted by Crippen LogP contribution is 2.16. The summed E-state index contributed by atoms with van der Waals surface area (Å²) in [5.74, 6) is -0.385. The summed E-state index contributed by atoms with van der Waals surface area (Å²) in [6, 6.07) is 0. The Labute approximate surface area is 89.3 Å². The highest BCUT2D eigenvalue weighted by atomic mass is 32.1. The van der Waals surface area contributed by atoms with Gasteiger partial charge in [0.1, 0.15) is 10.4 Å². The van der Waals surface area contributed by atoms with Crippen LogP contribution in [-0.4, -0.2) is 22.3 Å². The van der Waals surface area contributed by atoms with Crippen molar-refractivity contribution in [1.29, 1.82) is 0 Å². The average Bonchev–Trinajstić information content (AvgIpc) is 2.61. The van der Waals surface area contributed by atoms with E-state index < -0.39 is 0 Å². The van der Waals surface area contributed by atoms with Crippen molar-refractivity contribution in [1.82, 2.24) is 14.7 Å². The molecule has 2 aromatic rings. The lowest BCUT2D eigenvalue weighted by molar-refractivity contribution is 0.0962. The van der Waals surface area contributed by atoms with Crippen molar-refractivity contribution in [2.75, 3.05) is 7.05 Å². The van der Waals surface area contributed by atoms with Crippen LogP contribution in [0, 0.1) is 6.92 Å². The number of pyridine rings is 1. The van der Waals surface area contributed by atoms with Crippen molar-refractivity contribution in [3.05, 3.63) is 27.7 Å². The summed E-state index contributed by atoms with van der Waals surface area (Å²) in [5.41, 5.74) is 0.504. The number of hydrogen-bond donors (Lipinski definition) is 2. The average molecular weight is 223 g/mol. The van der Waals surface area contributed by atoms with Crippen LogP contribution in [0.25, 0.3) is 10.2 Å². The van der Waals surface area contributed by atoms with Gasteiger partial charge in [0.05, 0.1) is 11.1 Å². The van der Waals surface area contributed by atoms with E-state index in [1.807, 2.05) is 0 Å². The zero-order chi connectivity index (χ0) is 11.0. The molecule has 0 saturated heterocycles. The molecule has 0 spiro atoms. The Hall–Kier alpha value is -1.69. The van der Waals surface area contributed by atoms with E-state index in [0.717, 1.165) is 0 Å². The molecule has 15 heavy (non-hydrogen) atoms. The van der Waals surface area contributed by atoms with Gasteiger partial charge in [-0.3, -0.25) is 9.59 Å². The lowest BCUT2D eigenvalue weighted by Crippen LogP contribution is -2.25. The van der Waals surface area contributed by atoms with Crippen molar-refractivity contribution in [2.24, 2.45) is 0 Å². The topological polar surface area (TPSA) is 74.8 Å². The molecule has 2 rings (SSSR count). The molecule has 2 heterocycles. The Balaban J connectivity index is 2.80. The van der Waals surface area contributed by atoms with Gasteiger partial charge >= 0.3 is 0 Å². The molecule has 5 nitrogen and oxygen atoms in total. The van der Waals surface area contributed by atoms with Crippen molar-refractivity contribution in [2.45, 2.75) is 6.92 Å². The van der Waals surface area contributed by atoms with E-state index in [4.69, 9.17) is 0 Å². The predicted octanol–water partition coefficient (Wildman–Crippen LogP) is 0.653. The number of carbonyl (C=O) groups is 1. The molecule has 0 aromatic carbocycles. The number of carbonyl (C=O) groups excluding carboxylic acids is 1. The molecular weight excluding hydrogens is 214 g/mol. The molecule has 0 aliphatic rings. The van der Waals surface area contributed by atoms with Crippen LogP contribution < -0.4 is 10.7 Å². The minimum Gasteiger partial charge on any atom is -0.355 e. The number of aromatic nitrogens is 2. The molecule has 0 aliphatic carbocycles. The first-order valence-corrected chi connectivity index (χ1v) is 5.12. The van der Waals surface area contributed by atoms with Crippen molar-refractivity contribution in [3.63, 3.8) is 0 Å². The second-order valence-electron chi connectivity index (χ2n) is 3.08. The summed E-state index contributed by atoms with van der Waals surface area (Å²) in [6.45, 7) is 1.75. The molecule has 6 heteroatoms. The van der Waals surface area contributed by atoms with Crippen LogP contribution in [0.4, 0.5) is 0 Å². The highest BCUT2D eigenvalue weighted by Gasteiger charge is 2.14. The Morgan fingerprint density at radius 3 is 3.00 bits per heavy atom. The maximum Gasteiger partial charge on any atom is 0.256 e. The van der Waals surface area contributed by atoms with Crippen LogP contribution in [0.2, 0.25) is 0 Å². The third-order valence-electron chi connectivity index (χ3n) is 2.15. The Morgan fingerprint density at radius 2 is 2.33 bits per heavy atom. The lowest BCUT2D eigenvalue weighted by atomic mass is 10.2. The fourth-order valence-corrected chi connectivity index (χ4v) is 2.14. The Kier molecular flexibility index (Phi) is 2.28. The van der Waals surface area contributed by atoms with Gasteiger partial charge in [-0.05, 0) is 18.5 Å². The van der Waals surface area contributed by atoms with E-state index in [0.29, 0.717) is 15.9 Å². The zero-order valence-corrected chi connectivity index (χ0v) is 9.07. The lowest BCUT2D eigenvalue weighted by Gasteiger charge is -1.98. The van der Waals surface area contributed by atoms with Gasteiger partial charge in [-0.15, -0.1) is 0 Å². The molecule has 0 aliphatic heterocycles. The van der Waals surface area contributed by atoms with Crippen molar-refractivity contribution in [3.8, 4) is 0 Å². The van der Waals surface area contributed by atoms with E-state index >= 15 is 0 Å². The largest absolute Gasteiger partial charge is 0.355 e. The smallest absolute Gasteiger partial charge is 0.256 e. The maximum absolute atomic E-state index is 11.9. The minimum absolute atomic E-state index is 0.119. The molecule has 0 fully saturated rings. The second-order valence-corrected chi connectivity index (χ2v) is 3.86. The van der Waals surface area contributed by atoms with E-state index in [1.54, 1.807) is 6.92 Å². The highest BCUT2D eigenvalue weighted by molar-refractivity contribution is 7.12. The number of hydrogen-bond acceptors (Lipinski definition) is 4. The summed E-state index contributed by atoms with van der Waals surface area (Å²) in [7, 11) is 1.49. The van der Waals surface area contributed by atoms with Gasteiger partial charge in [0.2, 0.25) is 5.43 Å². The molecule has 1 amide bonds. The molecular formula is C9H9N3O2S. The standard InChI is InChI=1S/C9H9N3O2S/c1-4-6-7(13)5(8(14)10-2)3-11-9(6)15-12-4/h3H,1-2H3,(H,10,14)(H,11,13). The van der Waals surface area contributed by atoms with Gasteiger partial charge in [-0.25, -0.2) is 0 Å². The Morgan fingerprint density at radius 1 is 1.60 bits per heavy atom. The first kappa shape index (κ1) is 9.85. The zero-order valence-electron chi connectivity index (χ0n) is 8.25. The van der Waals surface area contributed by atoms with Gasteiger partial charge in [0.15, 0.2) is 0 Å². The Bertz CT molecular complexity index is 585. The van der Waals surface area contributed by atoms with Crippen LogP contribution in [0.1, 0.15) is 16.1 Å². The second kappa shape index (κ2) is 3.47. The number of nitrogens with one attached hydrogen (secondary N) is 2. The van der Waals surface area contributed by atoms with Crippen LogP contribution in [-0.2, 0) is 0 Å². The molecule has 0 radical (unpaired) electrons. The van der Waals surface area contributed by atoms with Gasteiger partial charge in [0, 0.05) is 13.2 Å². The molecule has 0 saturated carbocycles. The molecule has 0 atom stereocenters. The summed E-state index contributed by atoms with van der Waals surface area (Å²) < 4.78 is 4.06. The van der Waals surface area contributed by atoms with Gasteiger partial charge < -0.3 is 10.3 Å². The van der Waals surface area contributed by atoms with Crippen molar-refractivity contribution >= 4 is 27.7 Å². The van der Waals surface area contributed by atoms with E-state index in [2.05, 4.69) is 14.7 Å². The van der Waals surface area contributed by atoms with Gasteiger partial charge in [-0.1, -0.05) is 0 Å². The van der Waals surface area contributed by atoms with Crippen LogP contribution in [0.3, 0.4) is 0 Å². The molecule has 2 N–H and O–H groups in total. The summed E-state index contributed by atoms with van der Waals surface area (Å²) in [5, 5.41) is 2.92. The molecule has 78 valence electrons. The number of H-pyrrole nitrogens is 1. The minimum atomic E-state index is -0.385. The summed E-state index contributed by atoms with van der Waals surface area (Å²) in [4.78, 5) is 26.9. The number of amides is 1. The number of nitrogens with zero attached hydrogens (tertiary/aromatic N) is 1. The number of aromatic amines is 1. The first-order chi connectivity index (χ1) is 7.15. The number of rotatable bonds is 1. The molecule has 0 bridgehead atoms. The van der Waals surface area contributed by atoms with E-state index in [1.165, 1.54) is 24.8 Å². The monoisotopic (exact) mass is 223 g/mol. The van der Waals surface area contributed by atoms with E-state index in [9.17, 15) is 9.59 Å². The summed E-state index contributed by atoms with van der Waals surface area (Å²) in [6.07, 6.45) is 1.42. The fourth-order valence-electron chi connectivity index (χ4n) is 1.38. The summed E-state index contributed by atoms with van der Waals surface area (Å²) >= 11 is 1.22. The van der Waals surface area contributed by atoms with E-state index in [-0.39, 0.29) is 16.9 Å². The fraction of sp³-hybridized carbons (Fsp3) is 0.222. The maximum atomic E-state index is 11.9.